The van der Waals surface area contributed by atoms with Crippen molar-refractivity contribution in [3.8, 4) is 0 Å². The number of anilines is 2. The average Bonchev–Trinajstić information content (AvgIpc) is 2.80. The lowest BCUT2D eigenvalue weighted by molar-refractivity contribution is 0.0988. The normalized spacial score (nSPS) is 18.8. The molecule has 2 aliphatic rings. The van der Waals surface area contributed by atoms with Gasteiger partial charge in [0.25, 0.3) is 5.91 Å². The number of hydrogen-bond acceptors (Lipinski definition) is 5. The van der Waals surface area contributed by atoms with E-state index >= 15 is 0 Å². The van der Waals surface area contributed by atoms with Gasteiger partial charge in [-0.05, 0) is 69.7 Å². The van der Waals surface area contributed by atoms with E-state index in [0.717, 1.165) is 38.8 Å². The molecule has 0 atom stereocenters. The Kier molecular flexibility index (Phi) is 7.75. The smallest absolute Gasteiger partial charge is 0.260 e. The Labute approximate surface area is 198 Å². The SMILES string of the molecule is O=C(Nc1cccc(Cl)n1)c1cnc(F)cc1N1CCC(CCCC2(F)CCNCC2)CC1. The minimum atomic E-state index is -1.01. The highest BCUT2D eigenvalue weighted by Crippen LogP contribution is 2.33. The lowest BCUT2D eigenvalue weighted by atomic mass is 9.85. The van der Waals surface area contributed by atoms with Crippen molar-refractivity contribution in [1.29, 1.82) is 0 Å². The van der Waals surface area contributed by atoms with Crippen LogP contribution in [0.1, 0.15) is 55.3 Å². The maximum Gasteiger partial charge on any atom is 0.260 e. The minimum absolute atomic E-state index is 0.270. The topological polar surface area (TPSA) is 70.2 Å². The molecule has 9 heteroatoms. The Morgan fingerprint density at radius 2 is 2.03 bits per heavy atom. The van der Waals surface area contributed by atoms with Crippen LogP contribution in [-0.4, -0.2) is 47.7 Å². The number of aromatic nitrogens is 2. The van der Waals surface area contributed by atoms with Crippen LogP contribution in [0.25, 0.3) is 0 Å². The Balaban J connectivity index is 1.34. The molecule has 2 saturated heterocycles. The zero-order chi connectivity index (χ0) is 23.3. The molecular formula is C24H30ClF2N5O. The number of amides is 1. The van der Waals surface area contributed by atoms with Crippen LogP contribution in [0.15, 0.2) is 30.5 Å². The zero-order valence-corrected chi connectivity index (χ0v) is 19.4. The summed E-state index contributed by atoms with van der Waals surface area (Å²) in [4.78, 5) is 22.6. The number of pyridine rings is 2. The van der Waals surface area contributed by atoms with Crippen LogP contribution in [-0.2, 0) is 0 Å². The summed E-state index contributed by atoms with van der Waals surface area (Å²) in [6.07, 6.45) is 6.87. The molecule has 2 aromatic heterocycles. The van der Waals surface area contributed by atoms with Crippen LogP contribution in [0.5, 0.6) is 0 Å². The third-order valence-electron chi connectivity index (χ3n) is 6.74. The average molecular weight is 478 g/mol. The molecule has 0 unspecified atom stereocenters. The monoisotopic (exact) mass is 477 g/mol. The Bertz CT molecular complexity index is 962. The van der Waals surface area contributed by atoms with E-state index in [1.54, 1.807) is 18.2 Å². The summed E-state index contributed by atoms with van der Waals surface area (Å²) < 4.78 is 28.8. The number of hydrogen-bond donors (Lipinski definition) is 2. The van der Waals surface area contributed by atoms with Gasteiger partial charge in [-0.1, -0.05) is 24.1 Å². The zero-order valence-electron chi connectivity index (χ0n) is 18.6. The van der Waals surface area contributed by atoms with Crippen molar-refractivity contribution in [3.63, 3.8) is 0 Å². The summed E-state index contributed by atoms with van der Waals surface area (Å²) in [5, 5.41) is 6.19. The molecule has 0 aromatic carbocycles. The second-order valence-corrected chi connectivity index (χ2v) is 9.43. The third-order valence-corrected chi connectivity index (χ3v) is 6.95. The summed E-state index contributed by atoms with van der Waals surface area (Å²) in [5.74, 6) is -0.198. The molecule has 178 valence electrons. The minimum Gasteiger partial charge on any atom is -0.371 e. The van der Waals surface area contributed by atoms with E-state index in [9.17, 15) is 13.6 Å². The lowest BCUT2D eigenvalue weighted by Crippen LogP contribution is -2.38. The van der Waals surface area contributed by atoms with Crippen LogP contribution in [0.4, 0.5) is 20.3 Å². The molecule has 2 aliphatic heterocycles. The fourth-order valence-electron chi connectivity index (χ4n) is 4.81. The number of nitrogens with one attached hydrogen (secondary N) is 2. The maximum absolute atomic E-state index is 14.8. The van der Waals surface area contributed by atoms with Gasteiger partial charge < -0.3 is 15.5 Å². The molecule has 6 nitrogen and oxygen atoms in total. The van der Waals surface area contributed by atoms with Crippen molar-refractivity contribution in [3.05, 3.63) is 47.1 Å². The van der Waals surface area contributed by atoms with Gasteiger partial charge in [0.1, 0.15) is 16.6 Å². The van der Waals surface area contributed by atoms with Crippen LogP contribution in [0.2, 0.25) is 5.15 Å². The van der Waals surface area contributed by atoms with E-state index in [2.05, 4.69) is 20.6 Å². The first-order valence-corrected chi connectivity index (χ1v) is 12.0. The van der Waals surface area contributed by atoms with Crippen LogP contribution in [0.3, 0.4) is 0 Å². The van der Waals surface area contributed by atoms with Gasteiger partial charge in [0.15, 0.2) is 0 Å². The van der Waals surface area contributed by atoms with Crippen molar-refractivity contribution >= 4 is 29.0 Å². The second kappa shape index (κ2) is 10.7. The molecule has 0 radical (unpaired) electrons. The fourth-order valence-corrected chi connectivity index (χ4v) is 4.98. The predicted octanol–water partition coefficient (Wildman–Crippen LogP) is 5.00. The first-order chi connectivity index (χ1) is 15.9. The molecule has 0 bridgehead atoms. The van der Waals surface area contributed by atoms with Gasteiger partial charge in [-0.15, -0.1) is 0 Å². The van der Waals surface area contributed by atoms with Gasteiger partial charge in [0.2, 0.25) is 5.95 Å². The number of piperidine rings is 2. The molecule has 1 amide bonds. The van der Waals surface area contributed by atoms with Crippen LogP contribution < -0.4 is 15.5 Å². The molecule has 2 N–H and O–H groups in total. The number of rotatable bonds is 7. The standard InChI is InChI=1S/C24H30ClF2N5O/c25-20-4-1-5-22(30-20)31-23(33)18-16-29-21(26)15-19(18)32-13-6-17(7-14-32)3-2-8-24(27)9-11-28-12-10-24/h1,4-5,15-17,28H,2-3,6-14H2,(H,30,31,33). The number of carbonyl (C=O) groups excluding carboxylic acids is 1. The van der Waals surface area contributed by atoms with Gasteiger partial charge in [-0.2, -0.15) is 4.39 Å². The Morgan fingerprint density at radius 1 is 1.27 bits per heavy atom. The molecule has 2 aromatic rings. The summed E-state index contributed by atoms with van der Waals surface area (Å²) in [6.45, 7) is 2.96. The summed E-state index contributed by atoms with van der Waals surface area (Å²) >= 11 is 5.89. The first-order valence-electron chi connectivity index (χ1n) is 11.7. The van der Waals surface area contributed by atoms with E-state index in [4.69, 9.17) is 11.6 Å². The van der Waals surface area contributed by atoms with Crippen molar-refractivity contribution in [1.82, 2.24) is 15.3 Å². The predicted molar refractivity (Wildman–Crippen MR) is 126 cm³/mol. The quantitative estimate of drug-likeness (QED) is 0.549. The van der Waals surface area contributed by atoms with E-state index in [0.29, 0.717) is 55.3 Å². The number of carbonyl (C=O) groups is 1. The van der Waals surface area contributed by atoms with Gasteiger partial charge in [-0.3, -0.25) is 4.79 Å². The lowest BCUT2D eigenvalue weighted by Gasteiger charge is -2.35. The molecular weight excluding hydrogens is 448 g/mol. The number of alkyl halides is 1. The summed E-state index contributed by atoms with van der Waals surface area (Å²) in [6, 6.07) is 6.25. The Hall–Kier alpha value is -2.32. The van der Waals surface area contributed by atoms with Gasteiger partial charge in [0.05, 0.1) is 11.3 Å². The van der Waals surface area contributed by atoms with Gasteiger partial charge >= 0.3 is 0 Å². The number of nitrogens with zero attached hydrogens (tertiary/aromatic N) is 3. The summed E-state index contributed by atoms with van der Waals surface area (Å²) in [7, 11) is 0. The summed E-state index contributed by atoms with van der Waals surface area (Å²) in [5.41, 5.74) is -0.194. The molecule has 4 heterocycles. The van der Waals surface area contributed by atoms with Crippen molar-refractivity contribution < 1.29 is 13.6 Å². The second-order valence-electron chi connectivity index (χ2n) is 9.05. The molecule has 33 heavy (non-hydrogen) atoms. The van der Waals surface area contributed by atoms with Crippen molar-refractivity contribution in [2.75, 3.05) is 36.4 Å². The number of halogens is 3. The van der Waals surface area contributed by atoms with E-state index in [-0.39, 0.29) is 5.15 Å². The Morgan fingerprint density at radius 3 is 2.76 bits per heavy atom. The van der Waals surface area contributed by atoms with Crippen molar-refractivity contribution in [2.24, 2.45) is 5.92 Å². The van der Waals surface area contributed by atoms with E-state index < -0.39 is 17.5 Å². The fraction of sp³-hybridized carbons (Fsp3) is 0.542. The van der Waals surface area contributed by atoms with E-state index in [1.165, 1.54) is 12.3 Å². The molecule has 4 rings (SSSR count). The highest BCUT2D eigenvalue weighted by Gasteiger charge is 2.31. The molecule has 2 fully saturated rings. The van der Waals surface area contributed by atoms with Crippen molar-refractivity contribution in [2.45, 2.75) is 50.6 Å². The first kappa shape index (κ1) is 23.8. The highest BCUT2D eigenvalue weighted by atomic mass is 35.5. The van der Waals surface area contributed by atoms with E-state index in [1.807, 2.05) is 4.90 Å². The van der Waals surface area contributed by atoms with Gasteiger partial charge in [-0.25, -0.2) is 14.4 Å². The molecule has 0 spiro atoms. The van der Waals surface area contributed by atoms with Crippen LogP contribution >= 0.6 is 11.6 Å². The third kappa shape index (κ3) is 6.38. The maximum atomic E-state index is 14.8. The molecule has 0 saturated carbocycles. The van der Waals surface area contributed by atoms with Crippen LogP contribution in [0, 0.1) is 11.9 Å². The molecule has 0 aliphatic carbocycles. The highest BCUT2D eigenvalue weighted by molar-refractivity contribution is 6.29. The largest absolute Gasteiger partial charge is 0.371 e. The van der Waals surface area contributed by atoms with Gasteiger partial charge in [0, 0.05) is 25.4 Å².